The van der Waals surface area contributed by atoms with E-state index in [1.54, 1.807) is 42.5 Å². The molecular formula is C19H14Cl2N2O3. The number of nitrogen functional groups attached to an aromatic ring is 1. The smallest absolute Gasteiger partial charge is 0.259 e. The minimum atomic E-state index is -0.482. The van der Waals surface area contributed by atoms with Crippen molar-refractivity contribution in [3.05, 3.63) is 76.3 Å². The van der Waals surface area contributed by atoms with Crippen LogP contribution in [0.5, 0.6) is 17.2 Å². The summed E-state index contributed by atoms with van der Waals surface area (Å²) in [5.41, 5.74) is 6.49. The standard InChI is InChI=1S/C19H14Cl2N2O3/c20-11-1-5-14(6-2-11)26-18-8-4-13(10-16(18)21)23-19(25)15-7-3-12(22)9-17(15)24/h1-10,24H,22H2,(H,23,25). The third kappa shape index (κ3) is 4.20. The van der Waals surface area contributed by atoms with Crippen molar-refractivity contribution in [1.29, 1.82) is 0 Å². The van der Waals surface area contributed by atoms with Crippen molar-refractivity contribution in [2.45, 2.75) is 0 Å². The summed E-state index contributed by atoms with van der Waals surface area (Å²) in [5.74, 6) is 0.337. The lowest BCUT2D eigenvalue weighted by Crippen LogP contribution is -2.12. The third-order valence-electron chi connectivity index (χ3n) is 3.50. The molecule has 4 N–H and O–H groups in total. The highest BCUT2D eigenvalue weighted by atomic mass is 35.5. The van der Waals surface area contributed by atoms with E-state index in [1.165, 1.54) is 18.2 Å². The first-order chi connectivity index (χ1) is 12.4. The lowest BCUT2D eigenvalue weighted by atomic mass is 10.1. The van der Waals surface area contributed by atoms with Crippen LogP contribution >= 0.6 is 23.2 Å². The minimum absolute atomic E-state index is 0.108. The number of anilines is 2. The van der Waals surface area contributed by atoms with E-state index in [0.29, 0.717) is 32.9 Å². The Morgan fingerprint density at radius 1 is 1.00 bits per heavy atom. The highest BCUT2D eigenvalue weighted by Gasteiger charge is 2.13. The lowest BCUT2D eigenvalue weighted by molar-refractivity contribution is 0.102. The predicted molar refractivity (Wildman–Crippen MR) is 103 cm³/mol. The third-order valence-corrected chi connectivity index (χ3v) is 4.04. The fourth-order valence-electron chi connectivity index (χ4n) is 2.23. The molecule has 3 rings (SSSR count). The van der Waals surface area contributed by atoms with Gasteiger partial charge in [0.25, 0.3) is 5.91 Å². The molecule has 0 radical (unpaired) electrons. The van der Waals surface area contributed by atoms with Gasteiger partial charge in [-0.25, -0.2) is 0 Å². The second-order valence-corrected chi connectivity index (χ2v) is 6.28. The minimum Gasteiger partial charge on any atom is -0.507 e. The van der Waals surface area contributed by atoms with E-state index in [4.69, 9.17) is 33.7 Å². The zero-order chi connectivity index (χ0) is 18.7. The van der Waals surface area contributed by atoms with E-state index >= 15 is 0 Å². The molecule has 0 fully saturated rings. The summed E-state index contributed by atoms with van der Waals surface area (Å²) >= 11 is 12.1. The zero-order valence-corrected chi connectivity index (χ0v) is 14.9. The average molecular weight is 389 g/mol. The Morgan fingerprint density at radius 2 is 1.73 bits per heavy atom. The van der Waals surface area contributed by atoms with Crippen molar-refractivity contribution in [1.82, 2.24) is 0 Å². The molecule has 5 nitrogen and oxygen atoms in total. The average Bonchev–Trinajstić information content (AvgIpc) is 2.59. The number of nitrogens with two attached hydrogens (primary N) is 1. The molecule has 0 aliphatic rings. The molecule has 0 aliphatic carbocycles. The number of ether oxygens (including phenoxy) is 1. The van der Waals surface area contributed by atoms with Gasteiger partial charge in [-0.15, -0.1) is 0 Å². The first-order valence-electron chi connectivity index (χ1n) is 7.55. The van der Waals surface area contributed by atoms with E-state index in [1.807, 2.05) is 0 Å². The molecule has 7 heteroatoms. The van der Waals surface area contributed by atoms with Gasteiger partial charge < -0.3 is 20.9 Å². The van der Waals surface area contributed by atoms with Crippen LogP contribution in [0.3, 0.4) is 0 Å². The van der Waals surface area contributed by atoms with Gasteiger partial charge in [-0.3, -0.25) is 4.79 Å². The van der Waals surface area contributed by atoms with Gasteiger partial charge in [0.05, 0.1) is 10.6 Å². The predicted octanol–water partition coefficient (Wildman–Crippen LogP) is 5.33. The van der Waals surface area contributed by atoms with Crippen LogP contribution in [-0.4, -0.2) is 11.0 Å². The molecule has 0 spiro atoms. The Morgan fingerprint density at radius 3 is 2.38 bits per heavy atom. The fraction of sp³-hybridized carbons (Fsp3) is 0. The van der Waals surface area contributed by atoms with Crippen molar-refractivity contribution < 1.29 is 14.6 Å². The summed E-state index contributed by atoms with van der Waals surface area (Å²) in [6.45, 7) is 0. The highest BCUT2D eigenvalue weighted by Crippen LogP contribution is 2.32. The maximum atomic E-state index is 12.3. The molecule has 0 aliphatic heterocycles. The van der Waals surface area contributed by atoms with Gasteiger partial charge in [0.1, 0.15) is 17.2 Å². The van der Waals surface area contributed by atoms with E-state index in [0.717, 1.165) is 0 Å². The van der Waals surface area contributed by atoms with Crippen LogP contribution in [-0.2, 0) is 0 Å². The van der Waals surface area contributed by atoms with Gasteiger partial charge in [-0.05, 0) is 54.6 Å². The number of carbonyl (C=O) groups excluding carboxylic acids is 1. The number of halogens is 2. The van der Waals surface area contributed by atoms with Crippen molar-refractivity contribution in [2.24, 2.45) is 0 Å². The molecule has 3 aromatic rings. The Labute approximate surface area is 159 Å². The van der Waals surface area contributed by atoms with Crippen LogP contribution in [0, 0.1) is 0 Å². The number of benzene rings is 3. The van der Waals surface area contributed by atoms with Crippen LogP contribution in [0.2, 0.25) is 10.0 Å². The maximum absolute atomic E-state index is 12.3. The molecule has 26 heavy (non-hydrogen) atoms. The second kappa shape index (κ2) is 7.56. The van der Waals surface area contributed by atoms with E-state index < -0.39 is 5.91 Å². The van der Waals surface area contributed by atoms with Gasteiger partial charge >= 0.3 is 0 Å². The maximum Gasteiger partial charge on any atom is 0.259 e. The number of phenolic OH excluding ortho intramolecular Hbond substituents is 1. The van der Waals surface area contributed by atoms with Gasteiger partial charge in [-0.2, -0.15) is 0 Å². The molecule has 0 saturated heterocycles. The topological polar surface area (TPSA) is 84.6 Å². The Hall–Kier alpha value is -2.89. The molecule has 3 aromatic carbocycles. The molecule has 0 atom stereocenters. The summed E-state index contributed by atoms with van der Waals surface area (Å²) in [6, 6.07) is 16.0. The Bertz CT molecular complexity index is 959. The van der Waals surface area contributed by atoms with Gasteiger partial charge in [0.2, 0.25) is 0 Å². The van der Waals surface area contributed by atoms with Crippen molar-refractivity contribution >= 4 is 40.5 Å². The van der Waals surface area contributed by atoms with Crippen molar-refractivity contribution in [2.75, 3.05) is 11.1 Å². The summed E-state index contributed by atoms with van der Waals surface area (Å²) in [7, 11) is 0. The van der Waals surface area contributed by atoms with Gasteiger partial charge in [-0.1, -0.05) is 23.2 Å². The summed E-state index contributed by atoms with van der Waals surface area (Å²) < 4.78 is 5.68. The first kappa shape index (κ1) is 17.9. The quantitative estimate of drug-likeness (QED) is 0.527. The number of nitrogens with one attached hydrogen (secondary N) is 1. The molecule has 132 valence electrons. The van der Waals surface area contributed by atoms with Crippen LogP contribution in [0.4, 0.5) is 11.4 Å². The second-order valence-electron chi connectivity index (χ2n) is 5.43. The molecular weight excluding hydrogens is 375 g/mol. The molecule has 1 amide bonds. The largest absolute Gasteiger partial charge is 0.507 e. The molecule has 0 heterocycles. The van der Waals surface area contributed by atoms with Crippen LogP contribution in [0.15, 0.2) is 60.7 Å². The number of phenols is 1. The molecule has 0 unspecified atom stereocenters. The number of hydrogen-bond donors (Lipinski definition) is 3. The number of carbonyl (C=O) groups is 1. The van der Waals surface area contributed by atoms with E-state index in [9.17, 15) is 9.90 Å². The Kier molecular flexibility index (Phi) is 5.21. The van der Waals surface area contributed by atoms with Crippen LogP contribution < -0.4 is 15.8 Å². The molecule has 0 aromatic heterocycles. The lowest BCUT2D eigenvalue weighted by Gasteiger charge is -2.11. The first-order valence-corrected chi connectivity index (χ1v) is 8.31. The van der Waals surface area contributed by atoms with E-state index in [2.05, 4.69) is 5.32 Å². The van der Waals surface area contributed by atoms with Gasteiger partial charge in [0, 0.05) is 22.5 Å². The van der Waals surface area contributed by atoms with Crippen molar-refractivity contribution in [3.8, 4) is 17.2 Å². The SMILES string of the molecule is Nc1ccc(C(=O)Nc2ccc(Oc3ccc(Cl)cc3)c(Cl)c2)c(O)c1. The normalized spacial score (nSPS) is 10.4. The monoisotopic (exact) mass is 388 g/mol. The molecule has 0 bridgehead atoms. The summed E-state index contributed by atoms with van der Waals surface area (Å²) in [5, 5.41) is 13.4. The van der Waals surface area contributed by atoms with Crippen LogP contribution in [0.25, 0.3) is 0 Å². The number of hydrogen-bond acceptors (Lipinski definition) is 4. The highest BCUT2D eigenvalue weighted by molar-refractivity contribution is 6.32. The Balaban J connectivity index is 1.74. The molecule has 0 saturated carbocycles. The number of aromatic hydroxyl groups is 1. The summed E-state index contributed by atoms with van der Waals surface area (Å²) in [4.78, 5) is 12.3. The van der Waals surface area contributed by atoms with E-state index in [-0.39, 0.29) is 11.3 Å². The fourth-order valence-corrected chi connectivity index (χ4v) is 2.58. The van der Waals surface area contributed by atoms with Crippen molar-refractivity contribution in [3.63, 3.8) is 0 Å². The summed E-state index contributed by atoms with van der Waals surface area (Å²) in [6.07, 6.45) is 0. The number of amides is 1. The zero-order valence-electron chi connectivity index (χ0n) is 13.4. The van der Waals surface area contributed by atoms with Crippen LogP contribution in [0.1, 0.15) is 10.4 Å². The van der Waals surface area contributed by atoms with Gasteiger partial charge in [0.15, 0.2) is 0 Å². The number of rotatable bonds is 4.